The van der Waals surface area contributed by atoms with E-state index in [-0.39, 0.29) is 0 Å². The van der Waals surface area contributed by atoms with Crippen molar-refractivity contribution in [3.05, 3.63) is 37.9 Å². The molecule has 5 heteroatoms. The number of rotatable bonds is 1. The fourth-order valence-corrected chi connectivity index (χ4v) is 2.11. The molecule has 2 rings (SSSR count). The normalized spacial score (nSPS) is 10.5. The molecule has 72 valence electrons. The van der Waals surface area contributed by atoms with Crippen LogP contribution in [0.4, 0.5) is 0 Å². The quantitative estimate of drug-likeness (QED) is 0.719. The van der Waals surface area contributed by atoms with Crippen LogP contribution in [0.25, 0.3) is 11.3 Å². The van der Waals surface area contributed by atoms with Gasteiger partial charge in [0.05, 0.1) is 4.47 Å². The summed E-state index contributed by atoms with van der Waals surface area (Å²) in [6.45, 7) is 0. The second-order valence-electron chi connectivity index (χ2n) is 2.63. The highest BCUT2D eigenvalue weighted by Gasteiger charge is 2.12. The molecule has 0 bridgehead atoms. The molecule has 0 spiro atoms. The third-order valence-electron chi connectivity index (χ3n) is 1.70. The van der Waals surface area contributed by atoms with Gasteiger partial charge in [0.15, 0.2) is 0 Å². The topological polar surface area (TPSA) is 26.0 Å². The molecule has 0 saturated heterocycles. The van der Waals surface area contributed by atoms with Crippen molar-refractivity contribution in [2.45, 2.75) is 0 Å². The van der Waals surface area contributed by atoms with Gasteiger partial charge in [-0.25, -0.2) is 0 Å². The van der Waals surface area contributed by atoms with Gasteiger partial charge in [-0.05, 0) is 44.0 Å². The van der Waals surface area contributed by atoms with Crippen LogP contribution in [0.2, 0.25) is 0 Å². The zero-order valence-corrected chi connectivity index (χ0v) is 11.6. The zero-order chi connectivity index (χ0) is 10.1. The third kappa shape index (κ3) is 1.94. The second kappa shape index (κ2) is 4.16. The molecule has 14 heavy (non-hydrogen) atoms. The van der Waals surface area contributed by atoms with Crippen molar-refractivity contribution in [2.75, 3.05) is 0 Å². The van der Waals surface area contributed by atoms with Crippen molar-refractivity contribution in [1.82, 2.24) is 5.16 Å². The first kappa shape index (κ1) is 10.4. The minimum atomic E-state index is 0.604. The Bertz CT molecular complexity index is 467. The van der Waals surface area contributed by atoms with E-state index in [1.54, 1.807) is 0 Å². The van der Waals surface area contributed by atoms with Crippen molar-refractivity contribution in [1.29, 1.82) is 0 Å². The number of nitrogens with zero attached hydrogens (tertiary/aromatic N) is 1. The average molecular weight is 382 g/mol. The summed E-state index contributed by atoms with van der Waals surface area (Å²) in [4.78, 5) is 0. The molecule has 1 heterocycles. The molecule has 2 nitrogen and oxygen atoms in total. The number of hydrogen-bond donors (Lipinski definition) is 0. The van der Waals surface area contributed by atoms with E-state index in [9.17, 15) is 0 Å². The lowest BCUT2D eigenvalue weighted by Gasteiger charge is -1.96. The fraction of sp³-hybridized carbons (Fsp3) is 0. The van der Waals surface area contributed by atoms with Crippen LogP contribution in [0.1, 0.15) is 0 Å². The van der Waals surface area contributed by atoms with Gasteiger partial charge in [-0.1, -0.05) is 33.2 Å². The van der Waals surface area contributed by atoms with Crippen molar-refractivity contribution in [2.24, 2.45) is 0 Å². The number of aromatic nitrogens is 1. The van der Waals surface area contributed by atoms with Crippen LogP contribution in [0.3, 0.4) is 0 Å². The lowest BCUT2D eigenvalue weighted by atomic mass is 10.2. The Balaban J connectivity index is 2.55. The van der Waals surface area contributed by atoms with Crippen LogP contribution < -0.4 is 0 Å². The van der Waals surface area contributed by atoms with Gasteiger partial charge < -0.3 is 4.52 Å². The highest BCUT2D eigenvalue weighted by Crippen LogP contribution is 2.34. The Morgan fingerprint density at radius 1 is 1.14 bits per heavy atom. The number of benzene rings is 1. The van der Waals surface area contributed by atoms with Crippen LogP contribution in [0.5, 0.6) is 0 Å². The Labute approximate surface area is 106 Å². The summed E-state index contributed by atoms with van der Waals surface area (Å²) in [5.41, 5.74) is 1.79. The summed E-state index contributed by atoms with van der Waals surface area (Å²) in [6.07, 6.45) is 0. The maximum Gasteiger partial charge on any atom is 0.216 e. The molecule has 0 atom stereocenters. The van der Waals surface area contributed by atoms with E-state index in [4.69, 9.17) is 4.52 Å². The molecular weight excluding hydrogens is 378 g/mol. The minimum absolute atomic E-state index is 0.604. The maximum absolute atomic E-state index is 4.99. The van der Waals surface area contributed by atoms with Gasteiger partial charge in [-0.3, -0.25) is 0 Å². The Hall–Kier alpha value is -0.130. The fourth-order valence-electron chi connectivity index (χ4n) is 1.07. The summed E-state index contributed by atoms with van der Waals surface area (Å²) in [7, 11) is 0. The maximum atomic E-state index is 4.99. The van der Waals surface area contributed by atoms with Gasteiger partial charge in [-0.15, -0.1) is 0 Å². The van der Waals surface area contributed by atoms with Crippen molar-refractivity contribution in [3.63, 3.8) is 0 Å². The van der Waals surface area contributed by atoms with Gasteiger partial charge in [0.2, 0.25) is 4.67 Å². The first-order valence-corrected chi connectivity index (χ1v) is 6.13. The summed E-state index contributed by atoms with van der Waals surface area (Å²) >= 11 is 10.0. The SMILES string of the molecule is Brc1cccc(-c2noc(Br)c2Br)c1. The third-order valence-corrected chi connectivity index (χ3v) is 4.00. The molecule has 0 aliphatic heterocycles. The van der Waals surface area contributed by atoms with Gasteiger partial charge >= 0.3 is 0 Å². The van der Waals surface area contributed by atoms with Crippen LogP contribution in [0.15, 0.2) is 42.4 Å². The van der Waals surface area contributed by atoms with Crippen LogP contribution in [-0.4, -0.2) is 5.16 Å². The summed E-state index contributed by atoms with van der Waals surface area (Å²) in [5.74, 6) is 0. The Kier molecular flexibility index (Phi) is 3.09. The highest BCUT2D eigenvalue weighted by atomic mass is 79.9. The zero-order valence-electron chi connectivity index (χ0n) is 6.80. The molecule has 0 aliphatic rings. The first-order valence-electron chi connectivity index (χ1n) is 3.75. The van der Waals surface area contributed by atoms with Gasteiger partial charge in [-0.2, -0.15) is 0 Å². The molecule has 0 N–H and O–H groups in total. The lowest BCUT2D eigenvalue weighted by Crippen LogP contribution is -1.77. The summed E-state index contributed by atoms with van der Waals surface area (Å²) < 4.78 is 7.44. The molecule has 2 aromatic rings. The van der Waals surface area contributed by atoms with E-state index in [1.165, 1.54) is 0 Å². The molecule has 0 unspecified atom stereocenters. The van der Waals surface area contributed by atoms with Crippen molar-refractivity contribution in [3.8, 4) is 11.3 Å². The predicted octanol–water partition coefficient (Wildman–Crippen LogP) is 4.63. The van der Waals surface area contributed by atoms with E-state index in [2.05, 4.69) is 52.9 Å². The van der Waals surface area contributed by atoms with Gasteiger partial charge in [0, 0.05) is 10.0 Å². The molecule has 0 saturated carbocycles. The van der Waals surface area contributed by atoms with Gasteiger partial charge in [0.25, 0.3) is 0 Å². The van der Waals surface area contributed by atoms with E-state index >= 15 is 0 Å². The smallest absolute Gasteiger partial charge is 0.216 e. The molecular formula is C9H4Br3NO. The van der Waals surface area contributed by atoms with E-state index < -0.39 is 0 Å². The standard InChI is InChI=1S/C9H4Br3NO/c10-6-3-1-2-5(4-6)8-7(11)9(12)14-13-8/h1-4H. The van der Waals surface area contributed by atoms with Crippen LogP contribution >= 0.6 is 47.8 Å². The predicted molar refractivity (Wildman–Crippen MR) is 65.0 cm³/mol. The molecule has 0 amide bonds. The highest BCUT2D eigenvalue weighted by molar-refractivity contribution is 9.13. The largest absolute Gasteiger partial charge is 0.347 e. The average Bonchev–Trinajstić information content (AvgIpc) is 2.48. The molecule has 0 aliphatic carbocycles. The number of halogens is 3. The second-order valence-corrected chi connectivity index (χ2v) is 5.06. The Morgan fingerprint density at radius 3 is 2.50 bits per heavy atom. The molecule has 0 radical (unpaired) electrons. The van der Waals surface area contributed by atoms with E-state index in [0.29, 0.717) is 4.67 Å². The monoisotopic (exact) mass is 379 g/mol. The van der Waals surface area contributed by atoms with Crippen molar-refractivity contribution < 1.29 is 4.52 Å². The number of hydrogen-bond acceptors (Lipinski definition) is 2. The lowest BCUT2D eigenvalue weighted by molar-refractivity contribution is 0.401. The van der Waals surface area contributed by atoms with Gasteiger partial charge in [0.1, 0.15) is 5.69 Å². The van der Waals surface area contributed by atoms with Crippen LogP contribution in [0, 0.1) is 0 Å². The summed E-state index contributed by atoms with van der Waals surface area (Å²) in [6, 6.07) is 7.87. The molecule has 1 aromatic carbocycles. The molecule has 0 fully saturated rings. The Morgan fingerprint density at radius 2 is 1.93 bits per heavy atom. The van der Waals surface area contributed by atoms with Crippen molar-refractivity contribution >= 4 is 47.8 Å². The van der Waals surface area contributed by atoms with E-state index in [0.717, 1.165) is 20.2 Å². The first-order chi connectivity index (χ1) is 6.68. The minimum Gasteiger partial charge on any atom is -0.347 e. The molecule has 1 aromatic heterocycles. The van der Waals surface area contributed by atoms with Crippen LogP contribution in [-0.2, 0) is 0 Å². The van der Waals surface area contributed by atoms with E-state index in [1.807, 2.05) is 24.3 Å². The summed E-state index contributed by atoms with van der Waals surface area (Å²) in [5, 5.41) is 3.94.